The molecule has 0 spiro atoms. The monoisotopic (exact) mass is 328 g/mol. The van der Waals surface area contributed by atoms with Crippen LogP contribution in [0.4, 0.5) is 0 Å². The molecule has 0 amide bonds. The Hall–Kier alpha value is 0.430. The van der Waals surface area contributed by atoms with Crippen LogP contribution in [0, 0.1) is 0 Å². The summed E-state index contributed by atoms with van der Waals surface area (Å²) in [5, 5.41) is 0. The number of para-hydroxylation sites is 1. The van der Waals surface area contributed by atoms with Crippen molar-refractivity contribution in [3.8, 4) is 5.75 Å². The van der Waals surface area contributed by atoms with E-state index in [1.165, 1.54) is 12.8 Å². The Balaban J connectivity index is 0.00000361. The van der Waals surface area contributed by atoms with Gasteiger partial charge in [-0.2, -0.15) is 0 Å². The van der Waals surface area contributed by atoms with E-state index in [0.717, 1.165) is 19.3 Å². The van der Waals surface area contributed by atoms with Gasteiger partial charge in [0.1, 0.15) is 5.75 Å². The van der Waals surface area contributed by atoms with Crippen molar-refractivity contribution in [2.45, 2.75) is 52.1 Å². The molecule has 0 saturated carbocycles. The average molecular weight is 328 g/mol. The van der Waals surface area contributed by atoms with Gasteiger partial charge in [-0.15, -0.1) is 0 Å². The molecule has 20 heavy (non-hydrogen) atoms. The fourth-order valence-electron chi connectivity index (χ4n) is 1.77. The van der Waals surface area contributed by atoms with Gasteiger partial charge in [0, 0.05) is 0 Å². The normalized spacial score (nSPS) is 14.9. The summed E-state index contributed by atoms with van der Waals surface area (Å²) in [6.45, 7) is 3.94. The standard InChI is InChI=1S/C14H23O4P.Ca.2H/c1-3-4-5-7-10-13(2)17-19(15,16)18-14-11-8-6-9-12-14;;;/h6,8-9,11-13H,3-5,7,10H2,1-2H3,(H,15,16);;;. The molecule has 0 aliphatic heterocycles. The van der Waals surface area contributed by atoms with Crippen LogP contribution in [0.3, 0.4) is 0 Å². The van der Waals surface area contributed by atoms with Crippen molar-refractivity contribution >= 4 is 45.6 Å². The summed E-state index contributed by atoms with van der Waals surface area (Å²) in [4.78, 5) is 9.65. The van der Waals surface area contributed by atoms with Gasteiger partial charge in [-0.25, -0.2) is 4.57 Å². The molecular formula is C14H25CaO4P. The molecule has 0 aliphatic rings. The van der Waals surface area contributed by atoms with Crippen LogP contribution in [0.5, 0.6) is 5.75 Å². The molecular weight excluding hydrogens is 303 g/mol. The molecule has 0 heterocycles. The molecule has 1 aromatic rings. The molecule has 0 bridgehead atoms. The zero-order valence-corrected chi connectivity index (χ0v) is 12.5. The summed E-state index contributed by atoms with van der Waals surface area (Å²) < 4.78 is 21.9. The third-order valence-corrected chi connectivity index (χ3v) is 3.81. The molecule has 1 rings (SSSR count). The van der Waals surface area contributed by atoms with E-state index in [-0.39, 0.29) is 43.8 Å². The second kappa shape index (κ2) is 11.1. The second-order valence-electron chi connectivity index (χ2n) is 4.64. The van der Waals surface area contributed by atoms with E-state index in [9.17, 15) is 9.46 Å². The maximum absolute atomic E-state index is 11.8. The van der Waals surface area contributed by atoms with Crippen LogP contribution >= 0.6 is 7.82 Å². The second-order valence-corrected chi connectivity index (χ2v) is 5.97. The van der Waals surface area contributed by atoms with Crippen LogP contribution in [0.2, 0.25) is 0 Å². The first-order chi connectivity index (χ1) is 9.03. The molecule has 112 valence electrons. The van der Waals surface area contributed by atoms with Crippen molar-refractivity contribution in [3.05, 3.63) is 30.3 Å². The van der Waals surface area contributed by atoms with E-state index in [0.29, 0.717) is 5.75 Å². The van der Waals surface area contributed by atoms with E-state index in [2.05, 4.69) is 6.92 Å². The number of hydrogen-bond donors (Lipinski definition) is 1. The first kappa shape index (κ1) is 20.4. The quantitative estimate of drug-likeness (QED) is 0.427. The average Bonchev–Trinajstić information content (AvgIpc) is 2.34. The third kappa shape index (κ3) is 9.38. The van der Waals surface area contributed by atoms with Crippen molar-refractivity contribution in [1.82, 2.24) is 0 Å². The zero-order valence-electron chi connectivity index (χ0n) is 11.6. The number of hydrogen-bond acceptors (Lipinski definition) is 3. The molecule has 0 saturated heterocycles. The summed E-state index contributed by atoms with van der Waals surface area (Å²) in [6, 6.07) is 8.54. The molecule has 1 N–H and O–H groups in total. The Bertz CT molecular complexity index is 399. The van der Waals surface area contributed by atoms with E-state index in [1.807, 2.05) is 6.07 Å². The zero-order chi connectivity index (χ0) is 14.1. The summed E-state index contributed by atoms with van der Waals surface area (Å²) in [5.41, 5.74) is 0. The SMILES string of the molecule is CCCCCCC(C)OP(=O)(O)Oc1ccccc1.[CaH2]. The summed E-state index contributed by atoms with van der Waals surface area (Å²) in [7, 11) is -4.03. The van der Waals surface area contributed by atoms with Crippen LogP contribution in [0.25, 0.3) is 0 Å². The molecule has 0 aliphatic carbocycles. The number of unbranched alkanes of at least 4 members (excludes halogenated alkanes) is 3. The Morgan fingerprint density at radius 2 is 1.85 bits per heavy atom. The van der Waals surface area contributed by atoms with Gasteiger partial charge in [0.05, 0.1) is 6.10 Å². The predicted molar refractivity (Wildman–Crippen MR) is 84.7 cm³/mol. The predicted octanol–water partition coefficient (Wildman–Crippen LogP) is 3.63. The first-order valence-electron chi connectivity index (χ1n) is 6.79. The Labute approximate surface area is 151 Å². The van der Waals surface area contributed by atoms with Gasteiger partial charge in [0.25, 0.3) is 0 Å². The summed E-state index contributed by atoms with van der Waals surface area (Å²) in [5.74, 6) is 0.339. The fraction of sp³-hybridized carbons (Fsp3) is 0.571. The molecule has 1 aromatic carbocycles. The molecule has 0 fully saturated rings. The Kier molecular flexibility index (Phi) is 11.3. The van der Waals surface area contributed by atoms with Crippen LogP contribution in [-0.2, 0) is 9.09 Å². The molecule has 2 unspecified atom stereocenters. The van der Waals surface area contributed by atoms with Gasteiger partial charge in [0.15, 0.2) is 0 Å². The van der Waals surface area contributed by atoms with Crippen molar-refractivity contribution < 1.29 is 18.5 Å². The maximum atomic E-state index is 11.8. The molecule has 0 radical (unpaired) electrons. The summed E-state index contributed by atoms with van der Waals surface area (Å²) >= 11 is 0. The first-order valence-corrected chi connectivity index (χ1v) is 8.29. The molecule has 2 atom stereocenters. The molecule has 4 nitrogen and oxygen atoms in total. The van der Waals surface area contributed by atoms with Crippen molar-refractivity contribution in [2.24, 2.45) is 0 Å². The minimum absolute atomic E-state index is 0. The van der Waals surface area contributed by atoms with Crippen LogP contribution < -0.4 is 4.52 Å². The number of rotatable bonds is 9. The number of phosphoric ester groups is 1. The van der Waals surface area contributed by atoms with Crippen molar-refractivity contribution in [2.75, 3.05) is 0 Å². The number of benzene rings is 1. The van der Waals surface area contributed by atoms with Gasteiger partial charge < -0.3 is 4.52 Å². The Morgan fingerprint density at radius 1 is 1.20 bits per heavy atom. The Morgan fingerprint density at radius 3 is 2.45 bits per heavy atom. The van der Waals surface area contributed by atoms with Gasteiger partial charge in [0.2, 0.25) is 0 Å². The topological polar surface area (TPSA) is 55.8 Å². The minimum atomic E-state index is -4.03. The van der Waals surface area contributed by atoms with Crippen LogP contribution in [-0.4, -0.2) is 48.7 Å². The van der Waals surface area contributed by atoms with Gasteiger partial charge >= 0.3 is 45.6 Å². The van der Waals surface area contributed by atoms with Crippen molar-refractivity contribution in [3.63, 3.8) is 0 Å². The van der Waals surface area contributed by atoms with Gasteiger partial charge in [-0.05, 0) is 25.5 Å². The van der Waals surface area contributed by atoms with E-state index in [4.69, 9.17) is 9.05 Å². The fourth-order valence-corrected chi connectivity index (χ4v) is 2.77. The van der Waals surface area contributed by atoms with Crippen LogP contribution in [0.1, 0.15) is 46.0 Å². The van der Waals surface area contributed by atoms with Gasteiger partial charge in [-0.1, -0.05) is 50.8 Å². The van der Waals surface area contributed by atoms with Crippen LogP contribution in [0.15, 0.2) is 30.3 Å². The van der Waals surface area contributed by atoms with E-state index in [1.54, 1.807) is 31.2 Å². The molecule has 6 heteroatoms. The van der Waals surface area contributed by atoms with E-state index < -0.39 is 7.82 Å². The van der Waals surface area contributed by atoms with Gasteiger partial charge in [-0.3, -0.25) is 9.42 Å². The van der Waals surface area contributed by atoms with Crippen molar-refractivity contribution in [1.29, 1.82) is 0 Å². The molecule has 0 aromatic heterocycles. The number of phosphoric acid groups is 1. The van der Waals surface area contributed by atoms with E-state index >= 15 is 0 Å². The third-order valence-electron chi connectivity index (χ3n) is 2.74. The summed E-state index contributed by atoms with van der Waals surface area (Å²) in [6.07, 6.45) is 4.97.